The third-order valence-electron chi connectivity index (χ3n) is 2.87. The summed E-state index contributed by atoms with van der Waals surface area (Å²) in [7, 11) is 0. The van der Waals surface area contributed by atoms with Crippen LogP contribution in [0.1, 0.15) is 11.1 Å². The van der Waals surface area contributed by atoms with Crippen molar-refractivity contribution >= 4 is 23.0 Å². The number of nitro groups is 1. The molecular formula is C14H12ClFN2O2. The predicted octanol–water partition coefficient (Wildman–Crippen LogP) is 4.31. The highest BCUT2D eigenvalue weighted by Crippen LogP contribution is 2.27. The molecule has 0 aliphatic rings. The van der Waals surface area contributed by atoms with Crippen molar-refractivity contribution in [3.05, 3.63) is 68.5 Å². The quantitative estimate of drug-likeness (QED) is 0.675. The van der Waals surface area contributed by atoms with Crippen LogP contribution in [0.15, 0.2) is 36.4 Å². The van der Waals surface area contributed by atoms with Gasteiger partial charge in [-0.1, -0.05) is 23.7 Å². The molecule has 0 atom stereocenters. The number of nitrogens with zero attached hydrogens (tertiary/aromatic N) is 1. The van der Waals surface area contributed by atoms with Crippen LogP contribution in [0.4, 0.5) is 15.8 Å². The molecule has 0 aromatic heterocycles. The summed E-state index contributed by atoms with van der Waals surface area (Å²) < 4.78 is 13.7. The number of hydrogen-bond acceptors (Lipinski definition) is 3. The lowest BCUT2D eigenvalue weighted by Gasteiger charge is -2.10. The van der Waals surface area contributed by atoms with Crippen molar-refractivity contribution in [3.8, 4) is 0 Å². The van der Waals surface area contributed by atoms with Crippen LogP contribution in [0.5, 0.6) is 0 Å². The number of aryl methyl sites for hydroxylation is 1. The molecule has 0 spiro atoms. The number of nitro benzene ring substituents is 1. The van der Waals surface area contributed by atoms with Crippen molar-refractivity contribution in [1.29, 1.82) is 0 Å². The summed E-state index contributed by atoms with van der Waals surface area (Å²) in [5.41, 5.74) is 1.33. The molecule has 0 amide bonds. The Kier molecular flexibility index (Phi) is 4.20. The number of halogens is 2. The highest BCUT2D eigenvalue weighted by atomic mass is 35.5. The Balaban J connectivity index is 2.25. The first-order valence-corrected chi connectivity index (χ1v) is 6.28. The first-order chi connectivity index (χ1) is 9.49. The maximum Gasteiger partial charge on any atom is 0.275 e. The molecule has 0 saturated carbocycles. The van der Waals surface area contributed by atoms with E-state index >= 15 is 0 Å². The van der Waals surface area contributed by atoms with Gasteiger partial charge in [0.2, 0.25) is 0 Å². The Morgan fingerprint density at radius 1 is 1.35 bits per heavy atom. The van der Waals surface area contributed by atoms with Crippen LogP contribution in [-0.2, 0) is 6.54 Å². The van der Waals surface area contributed by atoms with E-state index in [0.717, 1.165) is 5.56 Å². The van der Waals surface area contributed by atoms with Crippen molar-refractivity contribution in [2.75, 3.05) is 5.32 Å². The van der Waals surface area contributed by atoms with Gasteiger partial charge < -0.3 is 5.32 Å². The van der Waals surface area contributed by atoms with Crippen molar-refractivity contribution < 1.29 is 9.31 Å². The van der Waals surface area contributed by atoms with Gasteiger partial charge in [-0.2, -0.15) is 0 Å². The van der Waals surface area contributed by atoms with Crippen molar-refractivity contribution in [1.82, 2.24) is 0 Å². The molecule has 0 heterocycles. The lowest BCUT2D eigenvalue weighted by Crippen LogP contribution is -2.05. The Hall–Kier alpha value is -2.14. The number of benzene rings is 2. The van der Waals surface area contributed by atoms with Gasteiger partial charge in [0.15, 0.2) is 0 Å². The van der Waals surface area contributed by atoms with Crippen LogP contribution in [0.2, 0.25) is 5.02 Å². The molecule has 6 heteroatoms. The zero-order valence-corrected chi connectivity index (χ0v) is 11.4. The average Bonchev–Trinajstić information content (AvgIpc) is 2.38. The Bertz CT molecular complexity index is 662. The lowest BCUT2D eigenvalue weighted by molar-refractivity contribution is -0.385. The van der Waals surface area contributed by atoms with E-state index in [1.165, 1.54) is 18.2 Å². The van der Waals surface area contributed by atoms with Gasteiger partial charge in [-0.25, -0.2) is 4.39 Å². The summed E-state index contributed by atoms with van der Waals surface area (Å²) in [5.74, 6) is -0.403. The molecule has 0 aliphatic carbocycles. The molecule has 0 unspecified atom stereocenters. The number of hydrogen-bond donors (Lipinski definition) is 1. The van der Waals surface area contributed by atoms with Crippen LogP contribution in [0.3, 0.4) is 0 Å². The zero-order chi connectivity index (χ0) is 14.7. The van der Waals surface area contributed by atoms with E-state index in [4.69, 9.17) is 11.6 Å². The minimum absolute atomic E-state index is 0.0793. The highest BCUT2D eigenvalue weighted by molar-refractivity contribution is 6.31. The summed E-state index contributed by atoms with van der Waals surface area (Å²) in [4.78, 5) is 10.4. The Labute approximate surface area is 120 Å². The number of nitrogens with one attached hydrogen (secondary N) is 1. The van der Waals surface area contributed by atoms with Crippen LogP contribution < -0.4 is 5.32 Å². The van der Waals surface area contributed by atoms with E-state index in [-0.39, 0.29) is 22.9 Å². The first-order valence-electron chi connectivity index (χ1n) is 5.91. The number of rotatable bonds is 4. The second-order valence-electron chi connectivity index (χ2n) is 4.33. The summed E-state index contributed by atoms with van der Waals surface area (Å²) >= 11 is 5.97. The van der Waals surface area contributed by atoms with Crippen LogP contribution in [0, 0.1) is 22.9 Å². The van der Waals surface area contributed by atoms with Crippen molar-refractivity contribution in [3.63, 3.8) is 0 Å². The zero-order valence-electron chi connectivity index (χ0n) is 10.7. The Morgan fingerprint density at radius 3 is 2.75 bits per heavy atom. The molecule has 2 rings (SSSR count). The summed E-state index contributed by atoms with van der Waals surface area (Å²) in [6, 6.07) is 9.19. The summed E-state index contributed by atoms with van der Waals surface area (Å²) in [6.45, 7) is 1.86. The topological polar surface area (TPSA) is 55.2 Å². The van der Waals surface area contributed by atoms with Gasteiger partial charge in [-0.3, -0.25) is 10.1 Å². The molecule has 2 aromatic rings. The molecular weight excluding hydrogens is 283 g/mol. The van der Waals surface area contributed by atoms with Gasteiger partial charge in [0.25, 0.3) is 5.69 Å². The summed E-state index contributed by atoms with van der Waals surface area (Å²) in [6.07, 6.45) is 0. The molecule has 0 fully saturated rings. The molecule has 104 valence electrons. The van der Waals surface area contributed by atoms with Gasteiger partial charge in [-0.15, -0.1) is 0 Å². The molecule has 1 N–H and O–H groups in total. The van der Waals surface area contributed by atoms with Gasteiger partial charge in [0.1, 0.15) is 5.82 Å². The standard InChI is InChI=1S/C14H12ClFN2O2/c1-9-5-6-13(12(16)7-9)17-8-10-11(15)3-2-4-14(10)18(19)20/h2-7,17H,8H2,1H3. The minimum atomic E-state index is -0.506. The molecule has 2 aromatic carbocycles. The molecule has 0 saturated heterocycles. The maximum atomic E-state index is 13.7. The fourth-order valence-electron chi connectivity index (χ4n) is 1.84. The first kappa shape index (κ1) is 14.3. The van der Waals surface area contributed by atoms with E-state index in [9.17, 15) is 14.5 Å². The monoisotopic (exact) mass is 294 g/mol. The molecule has 0 bridgehead atoms. The molecule has 20 heavy (non-hydrogen) atoms. The summed E-state index contributed by atoms with van der Waals surface area (Å²) in [5, 5.41) is 14.0. The maximum absolute atomic E-state index is 13.7. The van der Waals surface area contributed by atoms with Gasteiger partial charge in [0.05, 0.1) is 21.2 Å². The molecule has 0 aliphatic heterocycles. The van der Waals surface area contributed by atoms with E-state index in [1.54, 1.807) is 25.1 Å². The van der Waals surface area contributed by atoms with Gasteiger partial charge in [-0.05, 0) is 30.7 Å². The fraction of sp³-hybridized carbons (Fsp3) is 0.143. The van der Waals surface area contributed by atoms with Crippen molar-refractivity contribution in [2.24, 2.45) is 0 Å². The normalized spacial score (nSPS) is 10.3. The molecule has 4 nitrogen and oxygen atoms in total. The van der Waals surface area contributed by atoms with Crippen LogP contribution >= 0.6 is 11.6 Å². The van der Waals surface area contributed by atoms with E-state index < -0.39 is 10.7 Å². The average molecular weight is 295 g/mol. The third-order valence-corrected chi connectivity index (χ3v) is 3.23. The van der Waals surface area contributed by atoms with Crippen LogP contribution in [0.25, 0.3) is 0 Å². The Morgan fingerprint density at radius 2 is 2.10 bits per heavy atom. The van der Waals surface area contributed by atoms with E-state index in [1.807, 2.05) is 0 Å². The van der Waals surface area contributed by atoms with E-state index in [0.29, 0.717) is 5.56 Å². The third kappa shape index (κ3) is 3.05. The SMILES string of the molecule is Cc1ccc(NCc2c(Cl)cccc2[N+](=O)[O-])c(F)c1. The predicted molar refractivity (Wildman–Crippen MR) is 76.6 cm³/mol. The van der Waals surface area contributed by atoms with E-state index in [2.05, 4.69) is 5.32 Å². The van der Waals surface area contributed by atoms with Crippen molar-refractivity contribution in [2.45, 2.75) is 13.5 Å². The second-order valence-corrected chi connectivity index (χ2v) is 4.74. The lowest BCUT2D eigenvalue weighted by atomic mass is 10.1. The smallest absolute Gasteiger partial charge is 0.275 e. The van der Waals surface area contributed by atoms with Gasteiger partial charge in [0, 0.05) is 12.6 Å². The molecule has 0 radical (unpaired) electrons. The highest BCUT2D eigenvalue weighted by Gasteiger charge is 2.16. The van der Waals surface area contributed by atoms with Crippen LogP contribution in [-0.4, -0.2) is 4.92 Å². The largest absolute Gasteiger partial charge is 0.378 e. The fourth-order valence-corrected chi connectivity index (χ4v) is 2.08. The van der Waals surface area contributed by atoms with Gasteiger partial charge >= 0.3 is 0 Å². The second kappa shape index (κ2) is 5.88. The minimum Gasteiger partial charge on any atom is -0.378 e. The number of anilines is 1.